The molecule has 0 N–H and O–H groups in total. The molecular weight excluding hydrogens is 210 g/mol. The molecule has 5 heteroatoms. The van der Waals surface area contributed by atoms with Crippen LogP contribution in [0.15, 0.2) is 0 Å². The lowest BCUT2D eigenvalue weighted by atomic mass is 10.00. The summed E-state index contributed by atoms with van der Waals surface area (Å²) in [5.41, 5.74) is -0.716. The fourth-order valence-electron chi connectivity index (χ4n) is 1.43. The van der Waals surface area contributed by atoms with Crippen LogP contribution in [0.4, 0.5) is 4.79 Å². The molecule has 0 aromatic rings. The molecule has 0 bridgehead atoms. The van der Waals surface area contributed by atoms with Gasteiger partial charge in [-0.3, -0.25) is 9.59 Å². The van der Waals surface area contributed by atoms with E-state index in [-0.39, 0.29) is 0 Å². The topological polar surface area (TPSA) is 63.7 Å². The standard InChI is InChI=1S/C11H17NO4/c1-6-7(2)9(14)12(8(6)13)10(15)16-11(3,4)5/h6-7H,1-5H3. The number of carbonyl (C=O) groups excluding carboxylic acids is 3. The van der Waals surface area contributed by atoms with E-state index in [1.165, 1.54) is 0 Å². The molecule has 1 saturated heterocycles. The lowest BCUT2D eigenvalue weighted by Crippen LogP contribution is -2.41. The molecule has 2 atom stereocenters. The van der Waals surface area contributed by atoms with Gasteiger partial charge >= 0.3 is 6.09 Å². The van der Waals surface area contributed by atoms with Crippen molar-refractivity contribution in [3.05, 3.63) is 0 Å². The van der Waals surface area contributed by atoms with E-state index in [1.54, 1.807) is 34.6 Å². The van der Waals surface area contributed by atoms with Gasteiger partial charge in [-0.05, 0) is 20.8 Å². The van der Waals surface area contributed by atoms with Crippen molar-refractivity contribution in [1.29, 1.82) is 0 Å². The van der Waals surface area contributed by atoms with Gasteiger partial charge in [-0.1, -0.05) is 13.8 Å². The monoisotopic (exact) mass is 227 g/mol. The van der Waals surface area contributed by atoms with E-state index >= 15 is 0 Å². The largest absolute Gasteiger partial charge is 0.443 e. The van der Waals surface area contributed by atoms with E-state index in [1.807, 2.05) is 0 Å². The first-order valence-electron chi connectivity index (χ1n) is 5.26. The summed E-state index contributed by atoms with van der Waals surface area (Å²) in [7, 11) is 0. The maximum atomic E-state index is 11.7. The number of hydrogen-bond acceptors (Lipinski definition) is 4. The van der Waals surface area contributed by atoms with Crippen LogP contribution in [0.1, 0.15) is 34.6 Å². The summed E-state index contributed by atoms with van der Waals surface area (Å²) in [6.45, 7) is 8.32. The van der Waals surface area contributed by atoms with E-state index in [2.05, 4.69) is 0 Å². The Balaban J connectivity index is 2.86. The lowest BCUT2D eigenvalue weighted by molar-refractivity contribution is -0.138. The lowest BCUT2D eigenvalue weighted by Gasteiger charge is -2.22. The van der Waals surface area contributed by atoms with E-state index in [0.717, 1.165) is 0 Å². The number of hydrogen-bond donors (Lipinski definition) is 0. The molecule has 0 saturated carbocycles. The Morgan fingerprint density at radius 1 is 1.12 bits per heavy atom. The van der Waals surface area contributed by atoms with Gasteiger partial charge in [0.25, 0.3) is 0 Å². The van der Waals surface area contributed by atoms with Crippen molar-refractivity contribution in [1.82, 2.24) is 4.90 Å². The third-order valence-electron chi connectivity index (χ3n) is 2.55. The van der Waals surface area contributed by atoms with Crippen LogP contribution in [-0.2, 0) is 14.3 Å². The number of carbonyl (C=O) groups is 3. The Hall–Kier alpha value is -1.39. The molecule has 0 spiro atoms. The van der Waals surface area contributed by atoms with Crippen molar-refractivity contribution in [2.45, 2.75) is 40.2 Å². The Labute approximate surface area is 94.7 Å². The van der Waals surface area contributed by atoms with Crippen molar-refractivity contribution < 1.29 is 19.1 Å². The minimum atomic E-state index is -0.876. The van der Waals surface area contributed by atoms with Crippen LogP contribution in [0.5, 0.6) is 0 Å². The molecule has 0 aromatic heterocycles. The second kappa shape index (κ2) is 3.88. The van der Waals surface area contributed by atoms with E-state index in [9.17, 15) is 14.4 Å². The average Bonchev–Trinajstić information content (AvgIpc) is 2.28. The van der Waals surface area contributed by atoms with Gasteiger partial charge in [0.05, 0.1) is 0 Å². The van der Waals surface area contributed by atoms with Crippen LogP contribution < -0.4 is 0 Å². The molecule has 1 fully saturated rings. The molecular formula is C11H17NO4. The van der Waals surface area contributed by atoms with Crippen LogP contribution in [0.2, 0.25) is 0 Å². The molecule has 2 unspecified atom stereocenters. The second-order valence-corrected chi connectivity index (χ2v) is 5.07. The number of nitrogens with zero attached hydrogens (tertiary/aromatic N) is 1. The molecule has 90 valence electrons. The van der Waals surface area contributed by atoms with Crippen molar-refractivity contribution in [2.24, 2.45) is 11.8 Å². The van der Waals surface area contributed by atoms with E-state index in [0.29, 0.717) is 4.90 Å². The third-order valence-corrected chi connectivity index (χ3v) is 2.55. The molecule has 16 heavy (non-hydrogen) atoms. The van der Waals surface area contributed by atoms with Crippen molar-refractivity contribution >= 4 is 17.9 Å². The highest BCUT2D eigenvalue weighted by Crippen LogP contribution is 2.26. The molecule has 0 radical (unpaired) electrons. The summed E-state index contributed by atoms with van der Waals surface area (Å²) in [4.78, 5) is 35.6. The fourth-order valence-corrected chi connectivity index (χ4v) is 1.43. The molecule has 1 aliphatic rings. The van der Waals surface area contributed by atoms with Gasteiger partial charge in [0.15, 0.2) is 0 Å². The van der Waals surface area contributed by atoms with Gasteiger partial charge in [-0.15, -0.1) is 0 Å². The van der Waals surface area contributed by atoms with Crippen molar-refractivity contribution in [3.8, 4) is 0 Å². The zero-order chi connectivity index (χ0) is 12.7. The van der Waals surface area contributed by atoms with Gasteiger partial charge in [0, 0.05) is 11.8 Å². The smallest absolute Gasteiger partial charge is 0.424 e. The van der Waals surface area contributed by atoms with Crippen LogP contribution in [0.3, 0.4) is 0 Å². The summed E-state index contributed by atoms with van der Waals surface area (Å²) in [5.74, 6) is -1.88. The molecule has 1 aliphatic heterocycles. The summed E-state index contributed by atoms with van der Waals surface area (Å²) in [5, 5.41) is 0. The first kappa shape index (κ1) is 12.7. The third kappa shape index (κ3) is 2.23. The van der Waals surface area contributed by atoms with Crippen LogP contribution in [0, 0.1) is 11.8 Å². The van der Waals surface area contributed by atoms with E-state index in [4.69, 9.17) is 4.74 Å². The minimum Gasteiger partial charge on any atom is -0.443 e. The number of rotatable bonds is 0. The SMILES string of the molecule is CC1C(=O)N(C(=O)OC(C)(C)C)C(=O)C1C. The van der Waals surface area contributed by atoms with Crippen molar-refractivity contribution in [3.63, 3.8) is 0 Å². The average molecular weight is 227 g/mol. The van der Waals surface area contributed by atoms with Gasteiger partial charge in [-0.25, -0.2) is 4.79 Å². The van der Waals surface area contributed by atoms with Crippen LogP contribution in [0.25, 0.3) is 0 Å². The Kier molecular flexibility index (Phi) is 3.08. The minimum absolute atomic E-state index is 0.458. The maximum Gasteiger partial charge on any atom is 0.424 e. The highest BCUT2D eigenvalue weighted by molar-refractivity contribution is 6.15. The second-order valence-electron chi connectivity index (χ2n) is 5.07. The van der Waals surface area contributed by atoms with Gasteiger partial charge in [-0.2, -0.15) is 4.90 Å². The number of imide groups is 3. The summed E-state index contributed by atoms with van der Waals surface area (Å²) in [6.07, 6.45) is -0.876. The fraction of sp³-hybridized carbons (Fsp3) is 0.727. The van der Waals surface area contributed by atoms with Gasteiger partial charge < -0.3 is 4.74 Å². The number of amides is 3. The van der Waals surface area contributed by atoms with Crippen LogP contribution in [-0.4, -0.2) is 28.4 Å². The molecule has 5 nitrogen and oxygen atoms in total. The highest BCUT2D eigenvalue weighted by atomic mass is 16.6. The van der Waals surface area contributed by atoms with Crippen LogP contribution >= 0.6 is 0 Å². The van der Waals surface area contributed by atoms with E-state index < -0.39 is 35.3 Å². The normalized spacial score (nSPS) is 26.2. The summed E-state index contributed by atoms with van der Waals surface area (Å²) >= 11 is 0. The highest BCUT2D eigenvalue weighted by Gasteiger charge is 2.47. The Morgan fingerprint density at radius 2 is 1.50 bits per heavy atom. The Bertz CT molecular complexity index is 322. The summed E-state index contributed by atoms with van der Waals surface area (Å²) in [6, 6.07) is 0. The molecule has 1 heterocycles. The van der Waals surface area contributed by atoms with Gasteiger partial charge in [0.2, 0.25) is 11.8 Å². The molecule has 0 aromatic carbocycles. The molecule has 0 aliphatic carbocycles. The first-order valence-corrected chi connectivity index (χ1v) is 5.26. The molecule has 3 amide bonds. The van der Waals surface area contributed by atoms with Gasteiger partial charge in [0.1, 0.15) is 5.60 Å². The summed E-state index contributed by atoms with van der Waals surface area (Å²) < 4.78 is 5.00. The Morgan fingerprint density at radius 3 is 1.81 bits per heavy atom. The molecule has 1 rings (SSSR count). The zero-order valence-corrected chi connectivity index (χ0v) is 10.2. The van der Waals surface area contributed by atoms with Crippen molar-refractivity contribution in [2.75, 3.05) is 0 Å². The first-order chi connectivity index (χ1) is 7.15. The zero-order valence-electron chi connectivity index (χ0n) is 10.2. The predicted octanol–water partition coefficient (Wildman–Crippen LogP) is 1.56. The quantitative estimate of drug-likeness (QED) is 0.589. The number of likely N-dealkylation sites (tertiary alicyclic amines) is 1. The predicted molar refractivity (Wildman–Crippen MR) is 56.4 cm³/mol. The number of ether oxygens (including phenoxy) is 1. The maximum absolute atomic E-state index is 11.7.